The second-order valence-corrected chi connectivity index (χ2v) is 11.8. The third kappa shape index (κ3) is 8.53. The molecule has 3 rings (SSSR count). The van der Waals surface area contributed by atoms with Crippen molar-refractivity contribution in [2.75, 3.05) is 52.9 Å². The first kappa shape index (κ1) is 33.5. The Morgan fingerprint density at radius 3 is 2.62 bits per heavy atom. The summed E-state index contributed by atoms with van der Waals surface area (Å²) < 4.78 is 5.68. The SMILES string of the molecule is C=C(/C=C1/CCO/C1=C/C)[C@H]1CN(CC(=O)N(CCN)CCCC)[C@@H](CCC2CCC(=O)N(C)CCC2=O)[C@@H]1C(=O)O. The molecule has 3 saturated heterocycles. The van der Waals surface area contributed by atoms with Gasteiger partial charge in [0.05, 0.1) is 19.1 Å². The van der Waals surface area contributed by atoms with Crippen LogP contribution >= 0.6 is 0 Å². The van der Waals surface area contributed by atoms with Gasteiger partial charge in [0.15, 0.2) is 0 Å². The third-order valence-electron chi connectivity index (χ3n) is 9.04. The summed E-state index contributed by atoms with van der Waals surface area (Å²) in [4.78, 5) is 57.0. The minimum absolute atomic E-state index is 0.0249. The molecule has 0 aromatic heterocycles. The van der Waals surface area contributed by atoms with Crippen molar-refractivity contribution in [3.05, 3.63) is 35.6 Å². The van der Waals surface area contributed by atoms with Gasteiger partial charge in [0.2, 0.25) is 11.8 Å². The molecule has 0 spiro atoms. The first-order valence-corrected chi connectivity index (χ1v) is 15.5. The van der Waals surface area contributed by atoms with Crippen LogP contribution in [0.15, 0.2) is 35.6 Å². The third-order valence-corrected chi connectivity index (χ3v) is 9.04. The number of amides is 2. The number of aliphatic carboxylic acids is 1. The Labute approximate surface area is 250 Å². The maximum atomic E-state index is 13.5. The molecule has 0 aromatic carbocycles. The molecule has 3 fully saturated rings. The van der Waals surface area contributed by atoms with Crippen LogP contribution in [0.2, 0.25) is 0 Å². The first-order valence-electron chi connectivity index (χ1n) is 15.5. The number of hydrogen-bond donors (Lipinski definition) is 2. The summed E-state index contributed by atoms with van der Waals surface area (Å²) in [5.41, 5.74) is 7.52. The highest BCUT2D eigenvalue weighted by Crippen LogP contribution is 2.39. The van der Waals surface area contributed by atoms with E-state index >= 15 is 0 Å². The van der Waals surface area contributed by atoms with E-state index in [4.69, 9.17) is 10.5 Å². The molecule has 1 unspecified atom stereocenters. The summed E-state index contributed by atoms with van der Waals surface area (Å²) in [7, 11) is 1.72. The van der Waals surface area contributed by atoms with Crippen LogP contribution in [-0.2, 0) is 23.9 Å². The zero-order valence-corrected chi connectivity index (χ0v) is 25.7. The first-order chi connectivity index (χ1) is 20.1. The lowest BCUT2D eigenvalue weighted by Gasteiger charge is -2.31. The van der Waals surface area contributed by atoms with Gasteiger partial charge in [-0.3, -0.25) is 24.1 Å². The number of carboxylic acid groups (broad SMARTS) is 1. The van der Waals surface area contributed by atoms with Crippen LogP contribution in [0.1, 0.15) is 65.2 Å². The molecule has 10 nitrogen and oxygen atoms in total. The molecule has 0 saturated carbocycles. The van der Waals surface area contributed by atoms with Crippen LogP contribution in [-0.4, -0.2) is 102 Å². The van der Waals surface area contributed by atoms with E-state index in [9.17, 15) is 24.3 Å². The van der Waals surface area contributed by atoms with E-state index in [-0.39, 0.29) is 30.1 Å². The van der Waals surface area contributed by atoms with Crippen molar-refractivity contribution in [2.24, 2.45) is 23.5 Å². The Kier molecular flexibility index (Phi) is 12.8. The van der Waals surface area contributed by atoms with Crippen molar-refractivity contribution in [3.8, 4) is 0 Å². The second-order valence-electron chi connectivity index (χ2n) is 11.8. The monoisotopic (exact) mass is 586 g/mol. The van der Waals surface area contributed by atoms with Crippen molar-refractivity contribution in [1.29, 1.82) is 0 Å². The number of carbonyl (C=O) groups excluding carboxylic acids is 3. The zero-order valence-electron chi connectivity index (χ0n) is 25.7. The molecule has 10 heteroatoms. The van der Waals surface area contributed by atoms with E-state index in [2.05, 4.69) is 13.5 Å². The number of Topliss-reactive ketones (excluding diaryl/α,β-unsaturated/α-hetero) is 1. The smallest absolute Gasteiger partial charge is 0.308 e. The Morgan fingerprint density at radius 1 is 1.19 bits per heavy atom. The number of ether oxygens (including phenoxy) is 1. The number of nitrogens with two attached hydrogens (primary N) is 1. The highest BCUT2D eigenvalue weighted by molar-refractivity contribution is 5.84. The molecule has 234 valence electrons. The van der Waals surface area contributed by atoms with Crippen molar-refractivity contribution in [2.45, 2.75) is 71.3 Å². The quantitative estimate of drug-likeness (QED) is 0.337. The lowest BCUT2D eigenvalue weighted by Crippen LogP contribution is -2.46. The van der Waals surface area contributed by atoms with Crippen LogP contribution < -0.4 is 5.73 Å². The largest absolute Gasteiger partial charge is 0.493 e. The van der Waals surface area contributed by atoms with Gasteiger partial charge in [0, 0.05) is 76.9 Å². The number of rotatable bonds is 13. The Bertz CT molecular complexity index is 1070. The highest BCUT2D eigenvalue weighted by Gasteiger charge is 2.47. The predicted octanol–water partition coefficient (Wildman–Crippen LogP) is 2.99. The van der Waals surface area contributed by atoms with Crippen molar-refractivity contribution < 1.29 is 29.0 Å². The molecule has 0 aromatic rings. The number of nitrogens with zero attached hydrogens (tertiary/aromatic N) is 3. The lowest BCUT2D eigenvalue weighted by molar-refractivity contribution is -0.144. The van der Waals surface area contributed by atoms with E-state index in [0.29, 0.717) is 77.0 Å². The number of ketones is 1. The standard InChI is InChI=1S/C32H50N4O6/c1-5-7-15-35(17-14-33)30(39)21-36-20-25(22(3)19-24-13-18-42-28(24)6-2)31(32(40)41)26(36)10-8-23-9-11-29(38)34(4)16-12-27(23)37/h6,19,23,25-26,31H,3,5,7-18,20-21,33H2,1-2,4H3,(H,40,41)/b24-19-,28-6+/t23?,25-,26+,31-/m1/s1. The van der Waals surface area contributed by atoms with Gasteiger partial charge in [0.25, 0.3) is 0 Å². The van der Waals surface area contributed by atoms with Crippen LogP contribution in [0.3, 0.4) is 0 Å². The van der Waals surface area contributed by atoms with E-state index in [1.165, 1.54) is 0 Å². The fraction of sp³-hybridized carbons (Fsp3) is 0.688. The van der Waals surface area contributed by atoms with E-state index in [1.54, 1.807) is 16.8 Å². The lowest BCUT2D eigenvalue weighted by atomic mass is 9.81. The van der Waals surface area contributed by atoms with Gasteiger partial charge in [-0.05, 0) is 49.8 Å². The maximum absolute atomic E-state index is 13.5. The van der Waals surface area contributed by atoms with E-state index in [1.807, 2.05) is 24.0 Å². The molecule has 0 aliphatic carbocycles. The number of unbranched alkanes of at least 4 members (excludes halogenated alkanes) is 1. The van der Waals surface area contributed by atoms with Crippen molar-refractivity contribution in [3.63, 3.8) is 0 Å². The van der Waals surface area contributed by atoms with Crippen LogP contribution in [0.5, 0.6) is 0 Å². The Morgan fingerprint density at radius 2 is 1.95 bits per heavy atom. The summed E-state index contributed by atoms with van der Waals surface area (Å²) in [5.74, 6) is -1.55. The number of carbonyl (C=O) groups is 4. The minimum Gasteiger partial charge on any atom is -0.493 e. The summed E-state index contributed by atoms with van der Waals surface area (Å²) in [6.07, 6.45) is 8.39. The summed E-state index contributed by atoms with van der Waals surface area (Å²) in [6, 6.07) is -0.449. The van der Waals surface area contributed by atoms with Crippen LogP contribution in [0.4, 0.5) is 0 Å². The maximum Gasteiger partial charge on any atom is 0.308 e. The molecular formula is C32H50N4O6. The zero-order chi connectivity index (χ0) is 30.8. The molecule has 42 heavy (non-hydrogen) atoms. The van der Waals surface area contributed by atoms with E-state index in [0.717, 1.165) is 30.6 Å². The predicted molar refractivity (Wildman–Crippen MR) is 161 cm³/mol. The molecule has 3 aliphatic rings. The minimum atomic E-state index is -0.931. The number of hydrogen-bond acceptors (Lipinski definition) is 7. The molecule has 3 aliphatic heterocycles. The second kappa shape index (κ2) is 16.0. The molecule has 0 radical (unpaired) electrons. The molecule has 0 bridgehead atoms. The molecule has 4 atom stereocenters. The number of carboxylic acids is 1. The van der Waals surface area contributed by atoms with Gasteiger partial charge >= 0.3 is 5.97 Å². The van der Waals surface area contributed by atoms with Gasteiger partial charge < -0.3 is 25.4 Å². The van der Waals surface area contributed by atoms with Gasteiger partial charge in [-0.2, -0.15) is 0 Å². The Hall–Kier alpha value is -2.98. The van der Waals surface area contributed by atoms with Crippen LogP contribution in [0.25, 0.3) is 0 Å². The van der Waals surface area contributed by atoms with Crippen LogP contribution in [0, 0.1) is 17.8 Å². The highest BCUT2D eigenvalue weighted by atomic mass is 16.5. The van der Waals surface area contributed by atoms with Gasteiger partial charge in [-0.25, -0.2) is 0 Å². The van der Waals surface area contributed by atoms with Crippen molar-refractivity contribution in [1.82, 2.24) is 14.7 Å². The van der Waals surface area contributed by atoms with Gasteiger partial charge in [-0.15, -0.1) is 0 Å². The molecule has 3 heterocycles. The molecule has 3 N–H and O–H groups in total. The summed E-state index contributed by atoms with van der Waals surface area (Å²) in [6.45, 7) is 11.1. The fourth-order valence-corrected chi connectivity index (χ4v) is 6.53. The average Bonchev–Trinajstić information content (AvgIpc) is 3.56. The van der Waals surface area contributed by atoms with E-state index < -0.39 is 23.8 Å². The normalized spacial score (nSPS) is 27.3. The average molecular weight is 587 g/mol. The number of allylic oxidation sites excluding steroid dienone is 3. The summed E-state index contributed by atoms with van der Waals surface area (Å²) >= 11 is 0. The Balaban J connectivity index is 1.86. The molecule has 2 amide bonds. The summed E-state index contributed by atoms with van der Waals surface area (Å²) in [5, 5.41) is 10.5. The van der Waals surface area contributed by atoms with Gasteiger partial charge in [0.1, 0.15) is 11.5 Å². The number of likely N-dealkylation sites (tertiary alicyclic amines) is 2. The van der Waals surface area contributed by atoms with Gasteiger partial charge in [-0.1, -0.05) is 26.0 Å². The fourth-order valence-electron chi connectivity index (χ4n) is 6.53. The van der Waals surface area contributed by atoms with Crippen molar-refractivity contribution >= 4 is 23.6 Å². The molecular weight excluding hydrogens is 536 g/mol. The topological polar surface area (TPSA) is 133 Å².